The van der Waals surface area contributed by atoms with Crippen LogP contribution >= 0.6 is 11.6 Å². The molecule has 0 radical (unpaired) electrons. The number of nitrogens with zero attached hydrogens (tertiary/aromatic N) is 3. The third-order valence-electron chi connectivity index (χ3n) is 4.21. The van der Waals surface area contributed by atoms with Crippen molar-refractivity contribution in [1.82, 2.24) is 24.8 Å². The second-order valence-corrected chi connectivity index (χ2v) is 6.42. The maximum Gasteiger partial charge on any atom is 0.255 e. The smallest absolute Gasteiger partial charge is 0.255 e. The molecule has 6 nitrogen and oxygen atoms in total. The minimum absolute atomic E-state index is 0.195. The predicted octanol–water partition coefficient (Wildman–Crippen LogP) is 3.90. The molecular weight excluding hydrogens is 350 g/mol. The number of imidazole rings is 1. The molecule has 4 aromatic rings. The van der Waals surface area contributed by atoms with Crippen molar-refractivity contribution in [3.8, 4) is 0 Å². The number of aromatic nitrogens is 4. The van der Waals surface area contributed by atoms with Crippen LogP contribution in [0.5, 0.6) is 0 Å². The normalized spacial score (nSPS) is 11.1. The number of fused-ring (bicyclic) bond motifs is 3. The summed E-state index contributed by atoms with van der Waals surface area (Å²) in [5, 5.41) is 4.45. The van der Waals surface area contributed by atoms with Crippen LogP contribution in [0, 0.1) is 0 Å². The molecule has 0 fully saturated rings. The summed E-state index contributed by atoms with van der Waals surface area (Å²) < 4.78 is 2.05. The molecule has 1 aromatic carbocycles. The van der Waals surface area contributed by atoms with Crippen LogP contribution in [-0.4, -0.2) is 25.4 Å². The number of rotatable bonds is 5. The van der Waals surface area contributed by atoms with E-state index in [2.05, 4.69) is 26.8 Å². The van der Waals surface area contributed by atoms with Gasteiger partial charge in [-0.25, -0.2) is 9.97 Å². The van der Waals surface area contributed by atoms with Gasteiger partial charge in [0.1, 0.15) is 11.2 Å². The molecule has 0 unspecified atom stereocenters. The van der Waals surface area contributed by atoms with E-state index in [0.29, 0.717) is 29.2 Å². The molecule has 0 bridgehead atoms. The topological polar surface area (TPSA) is 75.6 Å². The summed E-state index contributed by atoms with van der Waals surface area (Å²) in [5.41, 5.74) is 3.88. The van der Waals surface area contributed by atoms with E-state index in [1.807, 2.05) is 16.8 Å². The van der Waals surface area contributed by atoms with E-state index in [0.717, 1.165) is 22.1 Å². The average molecular weight is 366 g/mol. The lowest BCUT2D eigenvalue weighted by atomic mass is 10.2. The van der Waals surface area contributed by atoms with E-state index >= 15 is 0 Å². The Morgan fingerprint density at radius 1 is 1.23 bits per heavy atom. The average Bonchev–Trinajstić information content (AvgIpc) is 3.26. The van der Waals surface area contributed by atoms with Crippen molar-refractivity contribution in [2.24, 2.45) is 0 Å². The van der Waals surface area contributed by atoms with E-state index in [9.17, 15) is 4.79 Å². The molecule has 0 spiro atoms. The van der Waals surface area contributed by atoms with E-state index in [-0.39, 0.29) is 5.91 Å². The molecule has 0 atom stereocenters. The monoisotopic (exact) mass is 365 g/mol. The first-order valence-electron chi connectivity index (χ1n) is 8.13. The molecule has 1 amide bonds. The van der Waals surface area contributed by atoms with Crippen molar-refractivity contribution in [2.75, 3.05) is 0 Å². The maximum atomic E-state index is 12.2. The van der Waals surface area contributed by atoms with E-state index in [1.54, 1.807) is 36.8 Å². The first-order chi connectivity index (χ1) is 12.6. The van der Waals surface area contributed by atoms with Gasteiger partial charge in [-0.15, -0.1) is 0 Å². The number of aromatic amines is 1. The van der Waals surface area contributed by atoms with E-state index in [1.165, 1.54) is 0 Å². The third kappa shape index (κ3) is 3.07. The van der Waals surface area contributed by atoms with Crippen LogP contribution in [0.15, 0.2) is 61.3 Å². The fourth-order valence-corrected chi connectivity index (χ4v) is 3.02. The van der Waals surface area contributed by atoms with Crippen LogP contribution in [0.3, 0.4) is 0 Å². The summed E-state index contributed by atoms with van der Waals surface area (Å²) in [6, 6.07) is 8.73. The lowest BCUT2D eigenvalue weighted by molar-refractivity contribution is 0.0964. The van der Waals surface area contributed by atoms with Gasteiger partial charge in [-0.2, -0.15) is 0 Å². The standard InChI is InChI=1S/C19H16ClN5O/c1-12(24-19(26)13-2-4-14(20)5-3-13)7-9-25-11-23-16-10-22-18-15(17(16)25)6-8-21-18/h2-6,8,10-11H,1,7,9H2,(H,21,22)(H,24,26). The number of aryl methyl sites for hydroxylation is 1. The van der Waals surface area contributed by atoms with Crippen molar-refractivity contribution in [2.45, 2.75) is 13.0 Å². The van der Waals surface area contributed by atoms with Gasteiger partial charge in [0.05, 0.1) is 18.0 Å². The highest BCUT2D eigenvalue weighted by Crippen LogP contribution is 2.22. The Hall–Kier alpha value is -3.12. The van der Waals surface area contributed by atoms with Crippen molar-refractivity contribution in [3.63, 3.8) is 0 Å². The van der Waals surface area contributed by atoms with E-state index < -0.39 is 0 Å². The molecule has 130 valence electrons. The van der Waals surface area contributed by atoms with Gasteiger partial charge in [-0.05, 0) is 30.3 Å². The summed E-state index contributed by atoms with van der Waals surface area (Å²) in [6.07, 6.45) is 5.99. The lowest BCUT2D eigenvalue weighted by Gasteiger charge is -2.10. The number of hydrogen-bond donors (Lipinski definition) is 2. The van der Waals surface area contributed by atoms with Gasteiger partial charge in [-0.1, -0.05) is 18.2 Å². The molecule has 3 aromatic heterocycles. The lowest BCUT2D eigenvalue weighted by Crippen LogP contribution is -2.22. The Balaban J connectivity index is 1.46. The molecule has 0 saturated heterocycles. The van der Waals surface area contributed by atoms with Crippen LogP contribution in [0.1, 0.15) is 16.8 Å². The third-order valence-corrected chi connectivity index (χ3v) is 4.47. The first-order valence-corrected chi connectivity index (χ1v) is 8.51. The number of amides is 1. The van der Waals surface area contributed by atoms with Gasteiger partial charge < -0.3 is 14.9 Å². The highest BCUT2D eigenvalue weighted by Gasteiger charge is 2.10. The number of carbonyl (C=O) groups excluding carboxylic acids is 1. The Kier molecular flexibility index (Phi) is 4.18. The summed E-state index contributed by atoms with van der Waals surface area (Å²) in [7, 11) is 0. The van der Waals surface area contributed by atoms with Gasteiger partial charge in [0.15, 0.2) is 0 Å². The number of allylic oxidation sites excluding steroid dienone is 1. The van der Waals surface area contributed by atoms with Crippen LogP contribution in [0.25, 0.3) is 22.1 Å². The van der Waals surface area contributed by atoms with Gasteiger partial charge in [0, 0.05) is 40.8 Å². The van der Waals surface area contributed by atoms with Crippen LogP contribution in [-0.2, 0) is 6.54 Å². The van der Waals surface area contributed by atoms with Crippen LogP contribution < -0.4 is 5.32 Å². The number of pyridine rings is 1. The van der Waals surface area contributed by atoms with Crippen molar-refractivity contribution < 1.29 is 4.79 Å². The van der Waals surface area contributed by atoms with Crippen LogP contribution in [0.2, 0.25) is 5.02 Å². The number of benzene rings is 1. The SMILES string of the molecule is C=C(CCn1cnc2cnc3[nH]ccc3c21)NC(=O)c1ccc(Cl)cc1. The Bertz CT molecular complexity index is 1110. The number of hydrogen-bond acceptors (Lipinski definition) is 3. The fraction of sp³-hybridized carbons (Fsp3) is 0.105. The minimum atomic E-state index is -0.195. The van der Waals surface area contributed by atoms with Crippen molar-refractivity contribution in [1.29, 1.82) is 0 Å². The second kappa shape index (κ2) is 6.65. The molecule has 0 aliphatic carbocycles. The summed E-state index contributed by atoms with van der Waals surface area (Å²) in [4.78, 5) is 24.1. The van der Waals surface area contributed by atoms with Gasteiger partial charge >= 0.3 is 0 Å². The summed E-state index contributed by atoms with van der Waals surface area (Å²) >= 11 is 5.85. The summed E-state index contributed by atoms with van der Waals surface area (Å²) in [5.74, 6) is -0.195. The number of H-pyrrole nitrogens is 1. The van der Waals surface area contributed by atoms with Crippen molar-refractivity contribution in [3.05, 3.63) is 71.9 Å². The molecule has 2 N–H and O–H groups in total. The molecule has 26 heavy (non-hydrogen) atoms. The molecule has 0 aliphatic rings. The Labute approximate surface area is 154 Å². The zero-order valence-corrected chi connectivity index (χ0v) is 14.6. The summed E-state index contributed by atoms with van der Waals surface area (Å²) in [6.45, 7) is 4.61. The largest absolute Gasteiger partial charge is 0.346 e. The molecule has 4 rings (SSSR count). The zero-order valence-electron chi connectivity index (χ0n) is 13.9. The highest BCUT2D eigenvalue weighted by atomic mass is 35.5. The van der Waals surface area contributed by atoms with E-state index in [4.69, 9.17) is 11.6 Å². The van der Waals surface area contributed by atoms with Gasteiger partial charge in [0.25, 0.3) is 5.91 Å². The Morgan fingerprint density at radius 3 is 2.85 bits per heavy atom. The molecular formula is C19H16ClN5O. The predicted molar refractivity (Wildman–Crippen MR) is 102 cm³/mol. The maximum absolute atomic E-state index is 12.2. The number of halogens is 1. The number of carbonyl (C=O) groups is 1. The minimum Gasteiger partial charge on any atom is -0.346 e. The molecule has 0 aliphatic heterocycles. The molecule has 0 saturated carbocycles. The quantitative estimate of drug-likeness (QED) is 0.563. The molecule has 7 heteroatoms. The number of nitrogens with one attached hydrogen (secondary N) is 2. The first kappa shape index (κ1) is 16.4. The second-order valence-electron chi connectivity index (χ2n) is 5.98. The zero-order chi connectivity index (χ0) is 18.1. The fourth-order valence-electron chi connectivity index (χ4n) is 2.89. The molecule has 3 heterocycles. The van der Waals surface area contributed by atoms with Gasteiger partial charge in [0.2, 0.25) is 0 Å². The Morgan fingerprint density at radius 2 is 2.04 bits per heavy atom. The highest BCUT2D eigenvalue weighted by molar-refractivity contribution is 6.30. The van der Waals surface area contributed by atoms with Gasteiger partial charge in [-0.3, -0.25) is 4.79 Å². The van der Waals surface area contributed by atoms with Crippen molar-refractivity contribution >= 4 is 39.6 Å². The van der Waals surface area contributed by atoms with Crippen LogP contribution in [0.4, 0.5) is 0 Å².